The number of hydrogen-bond acceptors (Lipinski definition) is 7. The number of aliphatic hydroxyl groups is 1. The Balaban J connectivity index is 1.47. The van der Waals surface area contributed by atoms with Gasteiger partial charge in [0.1, 0.15) is 17.4 Å². The molecule has 0 amide bonds. The number of aliphatic hydroxyl groups excluding tert-OH is 1. The van der Waals surface area contributed by atoms with Crippen molar-refractivity contribution >= 4 is 15.5 Å². The predicted octanol–water partition coefficient (Wildman–Crippen LogP) is 4.97. The molecule has 2 aromatic carbocycles. The number of H-pyrrole nitrogens is 1. The van der Waals surface area contributed by atoms with E-state index in [1.807, 2.05) is 6.92 Å². The first kappa shape index (κ1) is 30.8. The molecule has 1 saturated heterocycles. The Hall–Kier alpha value is -3.61. The molecule has 12 heteroatoms. The summed E-state index contributed by atoms with van der Waals surface area (Å²) in [5, 5.41) is 15.6. The van der Waals surface area contributed by atoms with E-state index >= 15 is 0 Å². The van der Waals surface area contributed by atoms with Crippen molar-refractivity contribution in [2.75, 3.05) is 19.7 Å². The molecule has 1 atom stereocenters. The van der Waals surface area contributed by atoms with Gasteiger partial charge < -0.3 is 14.8 Å². The molecule has 1 fully saturated rings. The van der Waals surface area contributed by atoms with E-state index in [1.165, 1.54) is 28.6 Å². The van der Waals surface area contributed by atoms with Gasteiger partial charge in [-0.1, -0.05) is 26.0 Å². The normalized spacial score (nSPS) is 15.8. The lowest BCUT2D eigenvalue weighted by Gasteiger charge is -2.33. The molecule has 0 saturated carbocycles. The van der Waals surface area contributed by atoms with Gasteiger partial charge in [0, 0.05) is 19.0 Å². The van der Waals surface area contributed by atoms with Crippen LogP contribution in [-0.2, 0) is 10.0 Å². The molecule has 0 aliphatic carbocycles. The summed E-state index contributed by atoms with van der Waals surface area (Å²) in [5.41, 5.74) is 1.53. The van der Waals surface area contributed by atoms with E-state index in [-0.39, 0.29) is 47.0 Å². The van der Waals surface area contributed by atoms with Gasteiger partial charge >= 0.3 is 0 Å². The number of ether oxygens (including phenoxy) is 1. The topological polar surface area (TPSA) is 130 Å². The standard InChI is InChI=1S/C31H38FN5O5S/c1-5-20(6-2)30-33-19(4)27-31(39)34-29(35-37(27)30)25-18-24(12-13-26(25)42-7-3)43(40,41)36-16-14-22(15-17-36)28(38)21-8-10-23(32)11-9-21/h8-13,18,20,22,28,38H,5-7,14-17H2,1-4H3,(H,34,35,39). The number of piperidine rings is 1. The summed E-state index contributed by atoms with van der Waals surface area (Å²) in [7, 11) is -3.91. The highest BCUT2D eigenvalue weighted by atomic mass is 32.2. The minimum Gasteiger partial charge on any atom is -0.493 e. The second-order valence-electron chi connectivity index (χ2n) is 11.0. The van der Waals surface area contributed by atoms with E-state index in [0.29, 0.717) is 53.4 Å². The average molecular weight is 612 g/mol. The molecule has 1 unspecified atom stereocenters. The van der Waals surface area contributed by atoms with Crippen molar-refractivity contribution in [3.63, 3.8) is 0 Å². The summed E-state index contributed by atoms with van der Waals surface area (Å²) < 4.78 is 49.7. The Labute approximate surface area is 250 Å². The highest BCUT2D eigenvalue weighted by Crippen LogP contribution is 2.35. The number of aromatic nitrogens is 4. The Bertz CT molecular complexity index is 1760. The van der Waals surface area contributed by atoms with E-state index in [4.69, 9.17) is 9.84 Å². The molecule has 43 heavy (non-hydrogen) atoms. The highest BCUT2D eigenvalue weighted by Gasteiger charge is 2.33. The van der Waals surface area contributed by atoms with E-state index < -0.39 is 16.1 Å². The molecule has 2 aromatic heterocycles. The van der Waals surface area contributed by atoms with E-state index in [0.717, 1.165) is 12.8 Å². The van der Waals surface area contributed by atoms with Gasteiger partial charge in [-0.05, 0) is 81.3 Å². The zero-order valence-corrected chi connectivity index (χ0v) is 25.7. The summed E-state index contributed by atoms with van der Waals surface area (Å²) in [6, 6.07) is 10.3. The Kier molecular flexibility index (Phi) is 9.00. The van der Waals surface area contributed by atoms with Crippen molar-refractivity contribution in [1.29, 1.82) is 0 Å². The van der Waals surface area contributed by atoms with Crippen LogP contribution >= 0.6 is 0 Å². The largest absolute Gasteiger partial charge is 0.493 e. The number of imidazole rings is 1. The van der Waals surface area contributed by atoms with E-state index in [1.54, 1.807) is 29.6 Å². The first-order valence-electron chi connectivity index (χ1n) is 14.8. The highest BCUT2D eigenvalue weighted by molar-refractivity contribution is 7.89. The third kappa shape index (κ3) is 5.96. The van der Waals surface area contributed by atoms with E-state index in [2.05, 4.69) is 23.8 Å². The van der Waals surface area contributed by atoms with Crippen molar-refractivity contribution in [3.8, 4) is 17.1 Å². The van der Waals surface area contributed by atoms with Crippen LogP contribution in [-0.4, -0.2) is 57.1 Å². The van der Waals surface area contributed by atoms with Gasteiger partial charge in [-0.2, -0.15) is 4.31 Å². The molecule has 0 spiro atoms. The number of nitrogens with zero attached hydrogens (tertiary/aromatic N) is 4. The lowest BCUT2D eigenvalue weighted by Crippen LogP contribution is -2.39. The van der Waals surface area contributed by atoms with Gasteiger partial charge in [0.25, 0.3) is 5.56 Å². The number of fused-ring (bicyclic) bond motifs is 1. The Morgan fingerprint density at radius 3 is 2.40 bits per heavy atom. The van der Waals surface area contributed by atoms with Crippen LogP contribution in [0.1, 0.15) is 75.6 Å². The molecular formula is C31H38FN5O5S. The van der Waals surface area contributed by atoms with Crippen LogP contribution in [0.15, 0.2) is 52.2 Å². The molecule has 230 valence electrons. The third-order valence-corrected chi connectivity index (χ3v) is 10.2. The Morgan fingerprint density at radius 2 is 1.77 bits per heavy atom. The summed E-state index contributed by atoms with van der Waals surface area (Å²) in [6.45, 7) is 8.50. The van der Waals surface area contributed by atoms with Crippen LogP contribution in [0.5, 0.6) is 5.75 Å². The predicted molar refractivity (Wildman–Crippen MR) is 161 cm³/mol. The zero-order chi connectivity index (χ0) is 30.9. The lowest BCUT2D eigenvalue weighted by molar-refractivity contribution is 0.0760. The van der Waals surface area contributed by atoms with Gasteiger partial charge in [0.05, 0.1) is 28.9 Å². The van der Waals surface area contributed by atoms with Gasteiger partial charge in [-0.3, -0.25) is 4.79 Å². The molecule has 3 heterocycles. The molecule has 4 aromatic rings. The van der Waals surface area contributed by atoms with Gasteiger partial charge in [0.2, 0.25) is 10.0 Å². The van der Waals surface area contributed by atoms with Crippen LogP contribution in [0.3, 0.4) is 0 Å². The molecule has 2 N–H and O–H groups in total. The number of aryl methyl sites for hydroxylation is 1. The van der Waals surface area contributed by atoms with Crippen molar-refractivity contribution < 1.29 is 22.7 Å². The number of nitrogens with one attached hydrogen (secondary N) is 1. The molecule has 0 bridgehead atoms. The fourth-order valence-corrected chi connectivity index (χ4v) is 7.38. The van der Waals surface area contributed by atoms with Crippen molar-refractivity contribution in [3.05, 3.63) is 75.7 Å². The second-order valence-corrected chi connectivity index (χ2v) is 12.9. The Morgan fingerprint density at radius 1 is 1.09 bits per heavy atom. The third-order valence-electron chi connectivity index (χ3n) is 8.35. The number of aromatic amines is 1. The number of sulfonamides is 1. The van der Waals surface area contributed by atoms with Crippen LogP contribution in [0.4, 0.5) is 4.39 Å². The summed E-state index contributed by atoms with van der Waals surface area (Å²) in [6.07, 6.45) is 1.75. The van der Waals surface area contributed by atoms with Crippen molar-refractivity contribution in [1.82, 2.24) is 23.9 Å². The van der Waals surface area contributed by atoms with Crippen LogP contribution in [0.2, 0.25) is 0 Å². The smallest absolute Gasteiger partial charge is 0.277 e. The van der Waals surface area contributed by atoms with Crippen LogP contribution in [0.25, 0.3) is 16.9 Å². The number of benzene rings is 2. The molecule has 5 rings (SSSR count). The minimum atomic E-state index is -3.91. The fraction of sp³-hybridized carbons (Fsp3) is 0.452. The minimum absolute atomic E-state index is 0.0493. The van der Waals surface area contributed by atoms with Gasteiger partial charge in [-0.25, -0.2) is 22.3 Å². The zero-order valence-electron chi connectivity index (χ0n) is 24.9. The van der Waals surface area contributed by atoms with Gasteiger partial charge in [0.15, 0.2) is 11.3 Å². The molecule has 0 radical (unpaired) electrons. The lowest BCUT2D eigenvalue weighted by atomic mass is 9.88. The second kappa shape index (κ2) is 12.6. The maximum absolute atomic E-state index is 13.8. The quantitative estimate of drug-likeness (QED) is 0.259. The SMILES string of the molecule is CCOc1ccc(S(=O)(=O)N2CCC(C(O)c3ccc(F)cc3)CC2)cc1-c1nn2c(C(CC)CC)nc(C)c2c(=O)[nH]1. The first-order valence-corrected chi connectivity index (χ1v) is 16.2. The van der Waals surface area contributed by atoms with Crippen molar-refractivity contribution in [2.24, 2.45) is 5.92 Å². The van der Waals surface area contributed by atoms with E-state index in [9.17, 15) is 22.7 Å². The van der Waals surface area contributed by atoms with Crippen LogP contribution in [0, 0.1) is 18.7 Å². The number of halogens is 1. The maximum atomic E-state index is 13.8. The number of rotatable bonds is 10. The molecule has 10 nitrogen and oxygen atoms in total. The summed E-state index contributed by atoms with van der Waals surface area (Å²) in [4.78, 5) is 20.8. The average Bonchev–Trinajstić information content (AvgIpc) is 3.34. The van der Waals surface area contributed by atoms with Crippen LogP contribution < -0.4 is 10.3 Å². The first-order chi connectivity index (χ1) is 20.6. The molecule has 1 aliphatic heterocycles. The summed E-state index contributed by atoms with van der Waals surface area (Å²) in [5.74, 6) is 0.840. The monoisotopic (exact) mass is 611 g/mol. The maximum Gasteiger partial charge on any atom is 0.277 e. The molecular weight excluding hydrogens is 573 g/mol. The van der Waals surface area contributed by atoms with Gasteiger partial charge in [-0.15, -0.1) is 5.10 Å². The summed E-state index contributed by atoms with van der Waals surface area (Å²) >= 11 is 0. The molecule has 1 aliphatic rings. The number of hydrogen-bond donors (Lipinski definition) is 2. The van der Waals surface area contributed by atoms with Crippen molar-refractivity contribution in [2.45, 2.75) is 70.3 Å². The fourth-order valence-electron chi connectivity index (χ4n) is 5.88.